The van der Waals surface area contributed by atoms with Crippen LogP contribution >= 0.6 is 0 Å². The molecule has 1 saturated carbocycles. The second-order valence-corrected chi connectivity index (χ2v) is 6.21. The molecule has 1 aliphatic rings. The topological polar surface area (TPSA) is 66.9 Å². The highest BCUT2D eigenvalue weighted by Gasteiger charge is 2.38. The number of benzene rings is 1. The Morgan fingerprint density at radius 2 is 1.96 bits per heavy atom. The van der Waals surface area contributed by atoms with Gasteiger partial charge in [0.25, 0.3) is 5.91 Å². The van der Waals surface area contributed by atoms with Crippen molar-refractivity contribution in [3.63, 3.8) is 0 Å². The summed E-state index contributed by atoms with van der Waals surface area (Å²) in [6.07, 6.45) is -1.29. The fourth-order valence-electron chi connectivity index (χ4n) is 2.56. The molecule has 27 heavy (non-hydrogen) atoms. The van der Waals surface area contributed by atoms with E-state index in [1.54, 1.807) is 0 Å². The second-order valence-electron chi connectivity index (χ2n) is 6.21. The number of hydrogen-bond acceptors (Lipinski definition) is 4. The maximum absolute atomic E-state index is 13.6. The lowest BCUT2D eigenvalue weighted by molar-refractivity contribution is -0.141. The summed E-state index contributed by atoms with van der Waals surface area (Å²) in [5, 5.41) is 4.71. The van der Waals surface area contributed by atoms with E-state index in [0.29, 0.717) is 6.07 Å². The predicted octanol–water partition coefficient (Wildman–Crippen LogP) is 4.05. The average Bonchev–Trinajstić information content (AvgIpc) is 2.55. The monoisotopic (exact) mass is 386 g/mol. The highest BCUT2D eigenvalue weighted by Crippen LogP contribution is 2.32. The molecule has 0 saturated heterocycles. The molecule has 5 nitrogen and oxygen atoms in total. The van der Waals surface area contributed by atoms with Crippen LogP contribution in [0.4, 0.5) is 33.6 Å². The Morgan fingerprint density at radius 1 is 1.22 bits per heavy atom. The number of carbonyl (C=O) groups is 1. The summed E-state index contributed by atoms with van der Waals surface area (Å²) < 4.78 is 66.5. The van der Waals surface area contributed by atoms with Gasteiger partial charge in [0.1, 0.15) is 11.6 Å². The van der Waals surface area contributed by atoms with Gasteiger partial charge in [-0.2, -0.15) is 13.2 Å². The van der Waals surface area contributed by atoms with Crippen molar-refractivity contribution in [3.8, 4) is 0 Å². The predicted molar refractivity (Wildman–Crippen MR) is 86.3 cm³/mol. The number of amides is 1. The van der Waals surface area contributed by atoms with Crippen LogP contribution in [0.1, 0.15) is 35.3 Å². The number of halogens is 5. The molecule has 0 radical (unpaired) electrons. The number of alkyl halides is 3. The van der Waals surface area contributed by atoms with Crippen LogP contribution in [0, 0.1) is 17.6 Å². The minimum absolute atomic E-state index is 0.270. The van der Waals surface area contributed by atoms with Crippen molar-refractivity contribution in [2.45, 2.75) is 25.4 Å². The van der Waals surface area contributed by atoms with Crippen LogP contribution in [-0.2, 0) is 6.18 Å². The minimum atomic E-state index is -4.91. The van der Waals surface area contributed by atoms with E-state index in [9.17, 15) is 26.7 Å². The Hall–Kier alpha value is -2.78. The first kappa shape index (κ1) is 19.0. The molecule has 0 spiro atoms. The van der Waals surface area contributed by atoms with Crippen molar-refractivity contribution in [1.29, 1.82) is 0 Å². The lowest BCUT2D eigenvalue weighted by atomic mass is 9.85. The van der Waals surface area contributed by atoms with Gasteiger partial charge in [-0.1, -0.05) is 6.42 Å². The lowest BCUT2D eigenvalue weighted by Gasteiger charge is -2.25. The Labute approximate surface area is 151 Å². The molecule has 1 heterocycles. The standard InChI is InChI=1S/C17H15F5N4O/c18-10-4-5-13(12(19)6-10)25-16-24-8-11(14(26-16)17(20,21)22)15(27)23-7-9-2-1-3-9/h4-6,8-9H,1-3,7H2,(H,23,27)(H,24,25,26). The van der Waals surface area contributed by atoms with E-state index in [1.165, 1.54) is 0 Å². The van der Waals surface area contributed by atoms with Crippen LogP contribution in [0.5, 0.6) is 0 Å². The molecule has 10 heteroatoms. The number of carbonyl (C=O) groups excluding carboxylic acids is 1. The average molecular weight is 386 g/mol. The maximum atomic E-state index is 13.6. The number of hydrogen-bond donors (Lipinski definition) is 2. The highest BCUT2D eigenvalue weighted by molar-refractivity contribution is 5.95. The second kappa shape index (κ2) is 7.45. The molecule has 144 valence electrons. The molecule has 0 bridgehead atoms. The van der Waals surface area contributed by atoms with E-state index in [2.05, 4.69) is 20.6 Å². The summed E-state index contributed by atoms with van der Waals surface area (Å²) in [5.74, 6) is -3.08. The Bertz CT molecular complexity index is 852. The molecular weight excluding hydrogens is 371 g/mol. The Morgan fingerprint density at radius 3 is 2.56 bits per heavy atom. The Kier molecular flexibility index (Phi) is 5.24. The summed E-state index contributed by atoms with van der Waals surface area (Å²) in [6, 6.07) is 2.49. The first-order chi connectivity index (χ1) is 12.7. The van der Waals surface area contributed by atoms with Crippen molar-refractivity contribution < 1.29 is 26.7 Å². The molecule has 1 aliphatic carbocycles. The summed E-state index contributed by atoms with van der Waals surface area (Å²) in [5.41, 5.74) is -2.45. The van der Waals surface area contributed by atoms with E-state index in [4.69, 9.17) is 0 Å². The highest BCUT2D eigenvalue weighted by atomic mass is 19.4. The van der Waals surface area contributed by atoms with Gasteiger partial charge >= 0.3 is 6.18 Å². The number of rotatable bonds is 5. The fourth-order valence-corrected chi connectivity index (χ4v) is 2.56. The SMILES string of the molecule is O=C(NCC1CCC1)c1cnc(Nc2ccc(F)cc2F)nc1C(F)(F)F. The van der Waals surface area contributed by atoms with Gasteiger partial charge in [0, 0.05) is 18.8 Å². The molecule has 2 aromatic rings. The van der Waals surface area contributed by atoms with Crippen molar-refractivity contribution in [1.82, 2.24) is 15.3 Å². The van der Waals surface area contributed by atoms with Crippen LogP contribution < -0.4 is 10.6 Å². The third-order valence-electron chi connectivity index (χ3n) is 4.26. The van der Waals surface area contributed by atoms with Gasteiger partial charge in [0.05, 0.1) is 11.3 Å². The minimum Gasteiger partial charge on any atom is -0.352 e. The molecular formula is C17H15F5N4O. The molecule has 2 N–H and O–H groups in total. The van der Waals surface area contributed by atoms with Crippen molar-refractivity contribution >= 4 is 17.5 Å². The van der Waals surface area contributed by atoms with E-state index in [1.807, 2.05) is 0 Å². The van der Waals surface area contributed by atoms with E-state index in [0.717, 1.165) is 37.6 Å². The molecule has 1 amide bonds. The summed E-state index contributed by atoms with van der Waals surface area (Å²) >= 11 is 0. The van der Waals surface area contributed by atoms with Crippen LogP contribution in [0.25, 0.3) is 0 Å². The first-order valence-corrected chi connectivity index (χ1v) is 8.18. The normalized spacial score (nSPS) is 14.6. The number of anilines is 2. The largest absolute Gasteiger partial charge is 0.434 e. The van der Waals surface area contributed by atoms with Crippen molar-refractivity contribution in [2.24, 2.45) is 5.92 Å². The molecule has 3 rings (SSSR count). The smallest absolute Gasteiger partial charge is 0.352 e. The van der Waals surface area contributed by atoms with Gasteiger partial charge in [-0.15, -0.1) is 0 Å². The molecule has 1 aromatic carbocycles. The zero-order valence-electron chi connectivity index (χ0n) is 13.9. The summed E-state index contributed by atoms with van der Waals surface area (Å²) in [7, 11) is 0. The van der Waals surface area contributed by atoms with Crippen LogP contribution in [-0.4, -0.2) is 22.4 Å². The van der Waals surface area contributed by atoms with Crippen LogP contribution in [0.15, 0.2) is 24.4 Å². The summed E-state index contributed by atoms with van der Waals surface area (Å²) in [6.45, 7) is 0.289. The van der Waals surface area contributed by atoms with E-state index >= 15 is 0 Å². The number of nitrogens with zero attached hydrogens (tertiary/aromatic N) is 2. The van der Waals surface area contributed by atoms with Crippen LogP contribution in [0.2, 0.25) is 0 Å². The van der Waals surface area contributed by atoms with Crippen molar-refractivity contribution in [2.75, 3.05) is 11.9 Å². The van der Waals surface area contributed by atoms with Crippen molar-refractivity contribution in [3.05, 3.63) is 47.3 Å². The van der Waals surface area contributed by atoms with Gasteiger partial charge in [0.2, 0.25) is 5.95 Å². The third kappa shape index (κ3) is 4.50. The van der Waals surface area contributed by atoms with Gasteiger partial charge < -0.3 is 10.6 Å². The maximum Gasteiger partial charge on any atom is 0.434 e. The zero-order chi connectivity index (χ0) is 19.6. The quantitative estimate of drug-likeness (QED) is 0.761. The molecule has 1 aromatic heterocycles. The molecule has 1 fully saturated rings. The van der Waals surface area contributed by atoms with E-state index in [-0.39, 0.29) is 18.2 Å². The Balaban J connectivity index is 1.83. The molecule has 0 aliphatic heterocycles. The summed E-state index contributed by atoms with van der Waals surface area (Å²) in [4.78, 5) is 19.1. The molecule has 0 atom stereocenters. The van der Waals surface area contributed by atoms with Crippen LogP contribution in [0.3, 0.4) is 0 Å². The van der Waals surface area contributed by atoms with Gasteiger partial charge in [-0.25, -0.2) is 18.7 Å². The van der Waals surface area contributed by atoms with Gasteiger partial charge in [-0.05, 0) is 30.9 Å². The number of aromatic nitrogens is 2. The lowest BCUT2D eigenvalue weighted by Crippen LogP contribution is -2.33. The molecule has 0 unspecified atom stereocenters. The van der Waals surface area contributed by atoms with Gasteiger partial charge in [-0.3, -0.25) is 4.79 Å². The van der Waals surface area contributed by atoms with E-state index < -0.39 is 40.9 Å². The number of nitrogens with one attached hydrogen (secondary N) is 2. The first-order valence-electron chi connectivity index (χ1n) is 8.18. The third-order valence-corrected chi connectivity index (χ3v) is 4.26. The van der Waals surface area contributed by atoms with Gasteiger partial charge in [0.15, 0.2) is 5.69 Å². The zero-order valence-corrected chi connectivity index (χ0v) is 13.9. The fraction of sp³-hybridized carbons (Fsp3) is 0.353.